The summed E-state index contributed by atoms with van der Waals surface area (Å²) in [5, 5.41) is 26.0. The lowest BCUT2D eigenvalue weighted by molar-refractivity contribution is -0.153. The van der Waals surface area contributed by atoms with Crippen LogP contribution in [0.25, 0.3) is 34.0 Å². The van der Waals surface area contributed by atoms with E-state index in [4.69, 9.17) is 28.6 Å². The Hall–Kier alpha value is -9.26. The number of benzene rings is 5. The van der Waals surface area contributed by atoms with Crippen LogP contribution in [-0.4, -0.2) is 106 Å². The molecular weight excluding hydrogens is 1180 g/mol. The first-order valence-corrected chi connectivity index (χ1v) is 26.8. The van der Waals surface area contributed by atoms with Crippen LogP contribution in [0.3, 0.4) is 0 Å². The van der Waals surface area contributed by atoms with E-state index in [0.29, 0.717) is 46.0 Å². The fourth-order valence-corrected chi connectivity index (χ4v) is 5.64. The fourth-order valence-electron chi connectivity index (χ4n) is 5.64. The van der Waals surface area contributed by atoms with Crippen molar-refractivity contribution in [3.05, 3.63) is 197 Å². The lowest BCUT2D eigenvalue weighted by Crippen LogP contribution is -2.20. The van der Waals surface area contributed by atoms with E-state index in [2.05, 4.69) is 44.2 Å². The summed E-state index contributed by atoms with van der Waals surface area (Å²) < 4.78 is 91.1. The molecule has 20 nitrogen and oxygen atoms in total. The fraction of sp³-hybridized carbons (Fsp3) is 0.203. The van der Waals surface area contributed by atoms with Crippen molar-refractivity contribution in [2.45, 2.75) is 47.6 Å². The predicted molar refractivity (Wildman–Crippen MR) is 307 cm³/mol. The van der Waals surface area contributed by atoms with Crippen LogP contribution in [0.1, 0.15) is 88.4 Å². The molecule has 5 aromatic carbocycles. The first-order valence-electron chi connectivity index (χ1n) is 24.8. The zero-order chi connectivity index (χ0) is 63.9. The van der Waals surface area contributed by atoms with Crippen LogP contribution in [-0.2, 0) is 40.0 Å². The third-order valence-corrected chi connectivity index (χ3v) is 9.56. The number of nitrogens with zero attached hydrogens (tertiary/aromatic N) is 3. The Kier molecular flexibility index (Phi) is 38.7. The third kappa shape index (κ3) is 29.8. The average Bonchev–Trinajstić information content (AvgIpc) is 4.25. The summed E-state index contributed by atoms with van der Waals surface area (Å²) in [7, 11) is 1.08. The van der Waals surface area contributed by atoms with Crippen LogP contribution in [0.2, 0.25) is 0 Å². The normalized spacial score (nSPS) is 9.43. The number of halogens is 6. The number of carbonyl (C=O) groups excluding carboxylic acids is 8. The van der Waals surface area contributed by atoms with Gasteiger partial charge in [-0.3, -0.25) is 24.0 Å². The summed E-state index contributed by atoms with van der Waals surface area (Å²) in [5.74, 6) is -1.22. The Bertz CT molecular complexity index is 3310. The van der Waals surface area contributed by atoms with Crippen molar-refractivity contribution in [3.63, 3.8) is 0 Å². The Labute approximate surface area is 497 Å². The van der Waals surface area contributed by atoms with Gasteiger partial charge < -0.3 is 38.1 Å². The number of carbonyl (C=O) groups is 8. The lowest BCUT2D eigenvalue weighted by Gasteiger charge is -2.01. The molecule has 0 amide bonds. The standard InChI is InChI=1S/C12H10FNO3.C12H11FO4.C10H8FNO2.C10H6FNO2.C8H7FO.C5H8O3.C2H7P.ClH.H3NO/c1-2-16-12(15)10-7-11(17-14-10)8-3-5-9(13)6-4-8;1-2-17-12(16)11(15)7-10(14)8-3-5-9(13)6-4-8;2*11-8-3-1-7(2-4-8)10-5-9(6-13)12-14-10;1-6(10)7-2-4-8(9)5-3-7;1-3-8-5(7)4(2)6;1-3-2;;1-2/h3-7H,2H2,1H3;3-6H,2,7H2,1H3;1-5,13H,6H2;1-6H;2-5H,1H3;3H2,1-2H3;3H,1-2H3;1H;2H,1H2. The quantitative estimate of drug-likeness (QED) is 0.00988. The second kappa shape index (κ2) is 43.4. The maximum atomic E-state index is 12.7. The summed E-state index contributed by atoms with van der Waals surface area (Å²) in [6.07, 6.45) is 0.0288. The van der Waals surface area contributed by atoms with Gasteiger partial charge in [0.1, 0.15) is 40.5 Å². The van der Waals surface area contributed by atoms with Crippen molar-refractivity contribution in [3.8, 4) is 34.0 Å². The number of rotatable bonds is 15. The van der Waals surface area contributed by atoms with E-state index in [1.54, 1.807) is 63.2 Å². The van der Waals surface area contributed by atoms with Crippen LogP contribution < -0.4 is 5.90 Å². The van der Waals surface area contributed by atoms with Crippen LogP contribution in [0.15, 0.2) is 153 Å². The highest BCUT2D eigenvalue weighted by Gasteiger charge is 2.20. The summed E-state index contributed by atoms with van der Waals surface area (Å²) in [6, 6.07) is 32.2. The Morgan fingerprint density at radius 3 is 1.24 bits per heavy atom. The van der Waals surface area contributed by atoms with Gasteiger partial charge in [0.2, 0.25) is 11.6 Å². The smallest absolute Gasteiger partial charge is 0.375 e. The van der Waals surface area contributed by atoms with Crippen molar-refractivity contribution in [1.82, 2.24) is 15.5 Å². The van der Waals surface area contributed by atoms with E-state index in [9.17, 15) is 60.3 Å². The molecule has 8 aromatic rings. The highest BCUT2D eigenvalue weighted by atomic mass is 35.5. The summed E-state index contributed by atoms with van der Waals surface area (Å²) in [5.41, 5.74) is 3.59. The van der Waals surface area contributed by atoms with E-state index in [1.807, 2.05) is 0 Å². The minimum atomic E-state index is -1.03. The van der Waals surface area contributed by atoms with E-state index in [1.165, 1.54) is 98.8 Å². The number of hydrogen-bond donors (Lipinski definition) is 3. The Balaban J connectivity index is 0.00000100. The van der Waals surface area contributed by atoms with Gasteiger partial charge in [-0.1, -0.05) is 15.5 Å². The molecule has 0 saturated heterocycles. The molecule has 86 heavy (non-hydrogen) atoms. The van der Waals surface area contributed by atoms with Gasteiger partial charge in [0, 0.05) is 52.9 Å². The predicted octanol–water partition coefficient (Wildman–Crippen LogP) is 11.3. The van der Waals surface area contributed by atoms with Crippen LogP contribution >= 0.6 is 21.0 Å². The van der Waals surface area contributed by atoms with Gasteiger partial charge >= 0.3 is 17.9 Å². The Morgan fingerprint density at radius 2 is 0.895 bits per heavy atom. The molecule has 0 aliphatic carbocycles. The molecule has 0 atom stereocenters. The number of aliphatic hydroxyl groups is 1. The summed E-state index contributed by atoms with van der Waals surface area (Å²) in [6.45, 7) is 12.3. The number of nitrogens with two attached hydrogens (primary N) is 1. The van der Waals surface area contributed by atoms with Gasteiger partial charge in [0.25, 0.3) is 0 Å². The second-order valence-electron chi connectivity index (χ2n) is 16.0. The first-order chi connectivity index (χ1) is 40.6. The number of ether oxygens (including phenoxy) is 3. The van der Waals surface area contributed by atoms with Crippen LogP contribution in [0.4, 0.5) is 22.0 Å². The van der Waals surface area contributed by atoms with Gasteiger partial charge in [-0.25, -0.2) is 42.2 Å². The Morgan fingerprint density at radius 1 is 0.535 bits per heavy atom. The minimum Gasteiger partial charge on any atom is -0.461 e. The first kappa shape index (κ1) is 76.7. The molecule has 460 valence electrons. The van der Waals surface area contributed by atoms with Crippen molar-refractivity contribution in [2.75, 3.05) is 33.2 Å². The van der Waals surface area contributed by atoms with Crippen molar-refractivity contribution >= 4 is 68.3 Å². The molecule has 0 saturated carbocycles. The van der Waals surface area contributed by atoms with Gasteiger partial charge in [0.05, 0.1) is 32.8 Å². The number of Topliss-reactive ketones (excluding diaryl/α,β-unsaturated/α-hetero) is 4. The highest BCUT2D eigenvalue weighted by Crippen LogP contribution is 2.23. The maximum absolute atomic E-state index is 12.7. The number of ketones is 4. The number of aldehydes is 1. The number of esters is 3. The van der Waals surface area contributed by atoms with Gasteiger partial charge in [-0.2, -0.15) is 0 Å². The molecule has 8 rings (SSSR count). The lowest BCUT2D eigenvalue weighted by atomic mass is 10.1. The SMILES string of the molecule is CC(=O)c1ccc(F)cc1.CCOC(=O)C(=O)CC(=O)c1ccc(F)cc1.CCOC(=O)C(C)=O.CCOC(=O)c1cc(-c2ccc(F)cc2)on1.CPC.Cl.NO.O=Cc1cc(-c2ccc(F)cc2)on1.OCc1cc(-c2ccc(F)cc2)on1. The third-order valence-electron chi connectivity index (χ3n) is 9.56. The number of hydrogen-bond acceptors (Lipinski definition) is 20. The molecule has 3 heterocycles. The molecule has 0 aliphatic rings. The molecule has 0 radical (unpaired) electrons. The van der Waals surface area contributed by atoms with E-state index in [-0.39, 0.29) is 84.8 Å². The molecule has 0 spiro atoms. The molecular formula is C59H61ClF5N4O16P. The topological polar surface area (TPSA) is 309 Å². The van der Waals surface area contributed by atoms with E-state index < -0.39 is 47.5 Å². The highest BCUT2D eigenvalue weighted by molar-refractivity contribution is 7.35. The molecule has 0 aliphatic heterocycles. The molecule has 3 aromatic heterocycles. The molecule has 4 N–H and O–H groups in total. The van der Waals surface area contributed by atoms with Gasteiger partial charge in [-0.15, -0.1) is 21.0 Å². The largest absolute Gasteiger partial charge is 0.461 e. The van der Waals surface area contributed by atoms with Crippen molar-refractivity contribution in [2.24, 2.45) is 5.90 Å². The molecule has 0 bridgehead atoms. The number of aromatic nitrogens is 3. The van der Waals surface area contributed by atoms with Gasteiger partial charge in [0.15, 0.2) is 40.8 Å². The molecule has 0 unspecified atom stereocenters. The zero-order valence-electron chi connectivity index (χ0n) is 47.2. The van der Waals surface area contributed by atoms with Crippen LogP contribution in [0.5, 0.6) is 0 Å². The maximum Gasteiger partial charge on any atom is 0.375 e. The van der Waals surface area contributed by atoms with Crippen molar-refractivity contribution in [1.29, 1.82) is 0 Å². The monoisotopic (exact) mass is 1240 g/mol. The number of aliphatic hydroxyl groups excluding tert-OH is 1. The summed E-state index contributed by atoms with van der Waals surface area (Å²) in [4.78, 5) is 86.2. The van der Waals surface area contributed by atoms with E-state index >= 15 is 0 Å². The minimum absolute atomic E-state index is 0. The zero-order valence-corrected chi connectivity index (χ0v) is 49.0. The summed E-state index contributed by atoms with van der Waals surface area (Å²) >= 11 is 0. The van der Waals surface area contributed by atoms with Gasteiger partial charge in [-0.05, 0) is 162 Å². The molecule has 27 heteroatoms. The van der Waals surface area contributed by atoms with Crippen LogP contribution in [0, 0.1) is 29.1 Å². The molecule has 0 fully saturated rings. The average molecular weight is 1240 g/mol. The van der Waals surface area contributed by atoms with E-state index in [0.717, 1.165) is 26.3 Å². The van der Waals surface area contributed by atoms with Crippen molar-refractivity contribution < 1.29 is 98.4 Å². The second-order valence-corrected chi connectivity index (χ2v) is 17.0.